The molecule has 2 rings (SSSR count). The van der Waals surface area contributed by atoms with Gasteiger partial charge in [-0.05, 0) is 0 Å². The van der Waals surface area contributed by atoms with Gasteiger partial charge in [-0.2, -0.15) is 0 Å². The third-order valence-electron chi connectivity index (χ3n) is 2.89. The molecule has 1 unspecified atom stereocenters. The zero-order valence-electron chi connectivity index (χ0n) is 9.53. The Morgan fingerprint density at radius 1 is 1.19 bits per heavy atom. The summed E-state index contributed by atoms with van der Waals surface area (Å²) in [6, 6.07) is 13.2. The van der Waals surface area contributed by atoms with E-state index >= 15 is 0 Å². The maximum absolute atomic E-state index is 6.04. The van der Waals surface area contributed by atoms with Gasteiger partial charge in [-0.25, -0.2) is 0 Å². The van der Waals surface area contributed by atoms with Crippen LogP contribution in [0.5, 0.6) is 0 Å². The van der Waals surface area contributed by atoms with Gasteiger partial charge < -0.3 is 0 Å². The molecule has 0 aliphatic heterocycles. The van der Waals surface area contributed by atoms with Gasteiger partial charge in [-0.15, -0.1) is 0 Å². The molecule has 81 valence electrons. The Bertz CT molecular complexity index is 491. The third-order valence-corrected chi connectivity index (χ3v) is 3.61. The minimum atomic E-state index is 0.127. The quantitative estimate of drug-likeness (QED) is 0.866. The van der Waals surface area contributed by atoms with Gasteiger partial charge in [0.15, 0.2) is 0 Å². The van der Waals surface area contributed by atoms with Crippen molar-refractivity contribution in [1.82, 2.24) is 0 Å². The summed E-state index contributed by atoms with van der Waals surface area (Å²) >= 11 is 1.59. The third kappa shape index (κ3) is 2.41. The summed E-state index contributed by atoms with van der Waals surface area (Å²) in [5.41, 5.74) is 8.77. The molecule has 2 N–H and O–H groups in total. The van der Waals surface area contributed by atoms with Crippen molar-refractivity contribution in [3.8, 4) is 0 Å². The maximum atomic E-state index is 6.04. The molecule has 2 aromatic carbocycles. The van der Waals surface area contributed by atoms with Crippen LogP contribution in [0.4, 0.5) is 0 Å². The number of hydrogen-bond donors (Lipinski definition) is 1. The van der Waals surface area contributed by atoms with E-state index in [1.807, 2.05) is 0 Å². The molecule has 0 saturated carbocycles. The fraction of sp³-hybridized carbons (Fsp3) is 0.286. The van der Waals surface area contributed by atoms with Crippen LogP contribution in [-0.4, -0.2) is 22.5 Å². The van der Waals surface area contributed by atoms with Crippen LogP contribution in [0, 0.1) is 0 Å². The van der Waals surface area contributed by atoms with Crippen molar-refractivity contribution in [3.05, 3.63) is 47.5 Å². The first kappa shape index (κ1) is 11.9. The molecule has 0 bridgehead atoms. The van der Waals surface area contributed by atoms with Crippen molar-refractivity contribution in [2.45, 2.75) is 23.8 Å². The number of rotatable bonds is 3. The monoisotopic (exact) mass is 318 g/mol. The van der Waals surface area contributed by atoms with E-state index in [0.717, 1.165) is 6.42 Å². The molecule has 0 fully saturated rings. The molecule has 0 amide bonds. The molecule has 2 aromatic rings. The van der Waals surface area contributed by atoms with E-state index in [2.05, 4.69) is 43.3 Å². The summed E-state index contributed by atoms with van der Waals surface area (Å²) < 4.78 is 1.25. The number of benzene rings is 2. The Kier molecular flexibility index (Phi) is 3.87. The summed E-state index contributed by atoms with van der Waals surface area (Å²) in [4.78, 5) is 0. The van der Waals surface area contributed by atoms with Gasteiger partial charge in [0.05, 0.1) is 0 Å². The Morgan fingerprint density at radius 2 is 1.81 bits per heavy atom. The summed E-state index contributed by atoms with van der Waals surface area (Å²) in [7, 11) is 0. The Hall–Kier alpha value is -0.541. The van der Waals surface area contributed by atoms with Gasteiger partial charge in [-0.1, -0.05) is 0 Å². The predicted molar refractivity (Wildman–Crippen MR) is 70.8 cm³/mol. The van der Waals surface area contributed by atoms with E-state index in [-0.39, 0.29) is 6.04 Å². The first-order valence-electron chi connectivity index (χ1n) is 5.64. The SMILES string of the molecule is CC(N)c1cc2ccccc2cc1C[CH2][Sn]. The van der Waals surface area contributed by atoms with Crippen LogP contribution in [0.3, 0.4) is 0 Å². The van der Waals surface area contributed by atoms with Gasteiger partial charge in [0.25, 0.3) is 0 Å². The fourth-order valence-corrected chi connectivity index (χ4v) is 2.85. The van der Waals surface area contributed by atoms with Crippen LogP contribution in [0.15, 0.2) is 36.4 Å². The van der Waals surface area contributed by atoms with Crippen LogP contribution in [0.1, 0.15) is 24.1 Å². The average molecular weight is 317 g/mol. The molecule has 0 spiro atoms. The summed E-state index contributed by atoms with van der Waals surface area (Å²) in [6.07, 6.45) is 1.15. The van der Waals surface area contributed by atoms with Crippen LogP contribution in [0.25, 0.3) is 10.8 Å². The molecule has 0 saturated heterocycles. The molecule has 2 heteroatoms. The Morgan fingerprint density at radius 3 is 2.38 bits per heavy atom. The molecule has 1 atom stereocenters. The van der Waals surface area contributed by atoms with Crippen molar-refractivity contribution in [3.63, 3.8) is 0 Å². The zero-order chi connectivity index (χ0) is 11.5. The van der Waals surface area contributed by atoms with Crippen molar-refractivity contribution < 1.29 is 0 Å². The standard InChI is InChI=1S/C14H16N.Sn/c1-3-11-8-12-6-4-5-7-13(12)9-14(11)10(2)15;/h4-10H,1,3,15H2,2H3;. The van der Waals surface area contributed by atoms with Crippen molar-refractivity contribution in [1.29, 1.82) is 0 Å². The average Bonchev–Trinajstić information content (AvgIpc) is 2.28. The predicted octanol–water partition coefficient (Wildman–Crippen LogP) is 2.99. The van der Waals surface area contributed by atoms with E-state index in [4.69, 9.17) is 5.73 Å². The van der Waals surface area contributed by atoms with Gasteiger partial charge >= 0.3 is 110 Å². The Labute approximate surface area is 110 Å². The normalized spacial score (nSPS) is 12.9. The summed E-state index contributed by atoms with van der Waals surface area (Å²) in [6.45, 7) is 2.07. The second-order valence-electron chi connectivity index (χ2n) is 4.19. The van der Waals surface area contributed by atoms with Crippen LogP contribution < -0.4 is 5.73 Å². The zero-order valence-corrected chi connectivity index (χ0v) is 12.4. The Balaban J connectivity index is 2.61. The van der Waals surface area contributed by atoms with Crippen molar-refractivity contribution in [2.75, 3.05) is 0 Å². The minimum absolute atomic E-state index is 0.127. The summed E-state index contributed by atoms with van der Waals surface area (Å²) in [5.74, 6) is 0. The second-order valence-corrected chi connectivity index (χ2v) is 5.61. The molecule has 3 radical (unpaired) electrons. The molecule has 1 nitrogen and oxygen atoms in total. The molecular formula is C14H16NSn. The number of nitrogens with two attached hydrogens (primary N) is 1. The fourth-order valence-electron chi connectivity index (χ4n) is 2.08. The van der Waals surface area contributed by atoms with E-state index in [1.54, 1.807) is 22.5 Å². The molecule has 0 aromatic heterocycles. The molecule has 0 heterocycles. The van der Waals surface area contributed by atoms with E-state index in [9.17, 15) is 0 Å². The second kappa shape index (κ2) is 5.19. The van der Waals surface area contributed by atoms with Gasteiger partial charge in [0.2, 0.25) is 0 Å². The first-order chi connectivity index (χ1) is 7.72. The van der Waals surface area contributed by atoms with Crippen LogP contribution in [-0.2, 0) is 6.42 Å². The van der Waals surface area contributed by atoms with Crippen LogP contribution >= 0.6 is 0 Å². The van der Waals surface area contributed by atoms with Gasteiger partial charge in [0, 0.05) is 0 Å². The van der Waals surface area contributed by atoms with Crippen molar-refractivity contribution in [2.24, 2.45) is 5.73 Å². The number of aryl methyl sites for hydroxylation is 1. The molecule has 0 aliphatic rings. The molecular weight excluding hydrogens is 301 g/mol. The topological polar surface area (TPSA) is 26.0 Å². The first-order valence-corrected chi connectivity index (χ1v) is 7.66. The summed E-state index contributed by atoms with van der Waals surface area (Å²) in [5, 5.41) is 2.62. The van der Waals surface area contributed by atoms with Crippen molar-refractivity contribution >= 4 is 33.3 Å². The van der Waals surface area contributed by atoms with Gasteiger partial charge in [-0.3, -0.25) is 0 Å². The van der Waals surface area contributed by atoms with E-state index in [0.29, 0.717) is 0 Å². The van der Waals surface area contributed by atoms with E-state index in [1.165, 1.54) is 26.3 Å². The number of hydrogen-bond acceptors (Lipinski definition) is 1. The van der Waals surface area contributed by atoms with Crippen LogP contribution in [0.2, 0.25) is 4.44 Å². The van der Waals surface area contributed by atoms with E-state index < -0.39 is 0 Å². The molecule has 0 aliphatic carbocycles. The number of fused-ring (bicyclic) bond motifs is 1. The molecule has 16 heavy (non-hydrogen) atoms. The van der Waals surface area contributed by atoms with Gasteiger partial charge in [0.1, 0.15) is 0 Å².